The summed E-state index contributed by atoms with van der Waals surface area (Å²) < 4.78 is 6.12. The Morgan fingerprint density at radius 1 is 1.00 bits per heavy atom. The molecule has 0 saturated carbocycles. The number of hydrogen-bond acceptors (Lipinski definition) is 8. The van der Waals surface area contributed by atoms with Gasteiger partial charge in [-0.15, -0.1) is 0 Å². The molecule has 0 aromatic heterocycles. The number of benzene rings is 2. The molecule has 3 saturated heterocycles. The number of piperazine rings is 1. The van der Waals surface area contributed by atoms with Crippen LogP contribution in [0.5, 0.6) is 5.75 Å². The second-order valence-corrected chi connectivity index (χ2v) is 13.0. The van der Waals surface area contributed by atoms with Crippen LogP contribution in [0.1, 0.15) is 47.9 Å². The number of carbonyl (C=O) groups excluding carboxylic acids is 3. The minimum atomic E-state index is -0.733. The van der Waals surface area contributed by atoms with E-state index in [1.165, 1.54) is 0 Å². The topological polar surface area (TPSA) is 145 Å². The number of ether oxygens (including phenoxy) is 1. The molecule has 49 heavy (non-hydrogen) atoms. The molecule has 268 valence electrons. The van der Waals surface area contributed by atoms with Crippen molar-refractivity contribution >= 4 is 24.6 Å². The number of carbonyl (C=O) groups is 3. The van der Waals surface area contributed by atoms with Crippen LogP contribution in [0.3, 0.4) is 0 Å². The first-order valence-electron chi connectivity index (χ1n) is 17.2. The molecule has 13 heteroatoms. The molecule has 13 nitrogen and oxygen atoms in total. The predicted molar refractivity (Wildman–Crippen MR) is 188 cm³/mol. The Morgan fingerprint density at radius 2 is 1.61 bits per heavy atom. The maximum absolute atomic E-state index is 14.1. The summed E-state index contributed by atoms with van der Waals surface area (Å²) in [5.74, 6) is 0.931. The molecule has 4 N–H and O–H groups in total. The van der Waals surface area contributed by atoms with E-state index in [2.05, 4.69) is 21.2 Å². The first-order valence-corrected chi connectivity index (χ1v) is 17.2. The number of hydrogen-bond donors (Lipinski definition) is 4. The van der Waals surface area contributed by atoms with Gasteiger partial charge in [0.15, 0.2) is 0 Å². The highest BCUT2D eigenvalue weighted by molar-refractivity contribution is 5.98. The third-order valence-corrected chi connectivity index (χ3v) is 10.1. The van der Waals surface area contributed by atoms with E-state index in [4.69, 9.17) is 14.4 Å². The fourth-order valence-electron chi connectivity index (χ4n) is 7.19. The van der Waals surface area contributed by atoms with Crippen molar-refractivity contribution < 1.29 is 33.7 Å². The van der Waals surface area contributed by atoms with Crippen LogP contribution in [0.4, 0.5) is 4.79 Å². The molecule has 3 aliphatic rings. The number of likely N-dealkylation sites (tertiary alicyclic amines) is 1. The number of piperidine rings is 1. The Hall–Kier alpha value is -4.04. The van der Waals surface area contributed by atoms with Gasteiger partial charge in [0.1, 0.15) is 43.5 Å². The van der Waals surface area contributed by atoms with Gasteiger partial charge in [0.05, 0.1) is 33.4 Å². The van der Waals surface area contributed by atoms with E-state index in [1.54, 1.807) is 19.1 Å². The molecule has 3 aliphatic heterocycles. The molecular formula is C36H54N7O6+. The fraction of sp³-hybridized carbons (Fsp3) is 0.556. The van der Waals surface area contributed by atoms with Crippen molar-refractivity contribution in [3.05, 3.63) is 64.7 Å². The van der Waals surface area contributed by atoms with Gasteiger partial charge < -0.3 is 35.2 Å². The SMILES string of the molecule is C=O.CN=C(NNC1CCN(C(=O)N[C@H](Cc2cc(C)c(O)c(C)c2)C(=O)N2CC[N+](OC)(C3CCOCC3)CC2)CC1)c1ccccc1. The number of amidine groups is 1. The number of aryl methyl sites for hydroxylation is 2. The molecule has 0 bridgehead atoms. The lowest BCUT2D eigenvalue weighted by Crippen LogP contribution is -2.66. The summed E-state index contributed by atoms with van der Waals surface area (Å²) in [6.45, 7) is 10.8. The van der Waals surface area contributed by atoms with Crippen molar-refractivity contribution in [1.82, 2.24) is 26.0 Å². The second kappa shape index (κ2) is 18.1. The molecule has 2 aromatic rings. The number of hydroxylamine groups is 3. The Balaban J connectivity index is 0.00000265. The standard InChI is InChI=1S/C35H51N7O5.CH2O/c1-25-22-27(23-26(2)32(25)43)24-31(34(44)40-16-18-42(46-4,19-17-40)30-12-20-47-21-13-30)37-35(45)41-14-10-29(11-15-41)38-39-33(36-3)28-8-6-5-7-9-28;1-2/h5-9,22-23,29-31,38H,10-21,24H2,1-4H3,(H2-,36,37,39,43,45);1H2/p+1/t31-;/m1./s1. The molecule has 1 atom stereocenters. The summed E-state index contributed by atoms with van der Waals surface area (Å²) in [6, 6.07) is 13.3. The lowest BCUT2D eigenvalue weighted by molar-refractivity contribution is -1.12. The van der Waals surface area contributed by atoms with Crippen LogP contribution in [0.15, 0.2) is 47.5 Å². The van der Waals surface area contributed by atoms with Gasteiger partial charge in [-0.3, -0.25) is 9.79 Å². The quantitative estimate of drug-likeness (QED) is 0.137. The van der Waals surface area contributed by atoms with Crippen molar-refractivity contribution in [2.24, 2.45) is 4.99 Å². The van der Waals surface area contributed by atoms with Crippen LogP contribution >= 0.6 is 0 Å². The van der Waals surface area contributed by atoms with Crippen molar-refractivity contribution in [2.45, 2.75) is 64.1 Å². The van der Waals surface area contributed by atoms with E-state index in [9.17, 15) is 14.7 Å². The van der Waals surface area contributed by atoms with Gasteiger partial charge >= 0.3 is 6.03 Å². The maximum Gasteiger partial charge on any atom is 0.318 e. The molecule has 3 fully saturated rings. The summed E-state index contributed by atoms with van der Waals surface area (Å²) in [6.07, 6.45) is 3.76. The number of nitrogens with one attached hydrogen (secondary N) is 3. The molecule has 0 aliphatic carbocycles. The number of phenols is 1. The number of quaternary nitrogens is 1. The third-order valence-electron chi connectivity index (χ3n) is 10.1. The van der Waals surface area contributed by atoms with E-state index in [1.807, 2.05) is 68.0 Å². The molecule has 3 amide bonds. The molecule has 5 rings (SSSR count). The summed E-state index contributed by atoms with van der Waals surface area (Å²) in [5, 5.41) is 13.5. The van der Waals surface area contributed by atoms with Crippen LogP contribution in [-0.4, -0.2) is 129 Å². The Morgan fingerprint density at radius 3 is 2.18 bits per heavy atom. The van der Waals surface area contributed by atoms with Crippen molar-refractivity contribution in [2.75, 3.05) is 66.6 Å². The highest BCUT2D eigenvalue weighted by atomic mass is 16.7. The van der Waals surface area contributed by atoms with Gasteiger partial charge in [-0.1, -0.05) is 42.5 Å². The zero-order valence-electron chi connectivity index (χ0n) is 29.5. The number of hydrazine groups is 1. The lowest BCUT2D eigenvalue weighted by atomic mass is 9.99. The normalized spacial score (nSPS) is 19.4. The minimum absolute atomic E-state index is 0.0874. The van der Waals surface area contributed by atoms with Gasteiger partial charge in [-0.25, -0.2) is 15.1 Å². The monoisotopic (exact) mass is 680 g/mol. The fourth-order valence-corrected chi connectivity index (χ4v) is 7.19. The first-order chi connectivity index (χ1) is 23.7. The Bertz CT molecular complexity index is 1380. The van der Waals surface area contributed by atoms with E-state index in [0.29, 0.717) is 56.4 Å². The number of aliphatic imine (C=N–C) groups is 1. The van der Waals surface area contributed by atoms with Crippen molar-refractivity contribution in [3.63, 3.8) is 0 Å². The smallest absolute Gasteiger partial charge is 0.318 e. The van der Waals surface area contributed by atoms with E-state index >= 15 is 0 Å². The van der Waals surface area contributed by atoms with Crippen LogP contribution in [0, 0.1) is 13.8 Å². The number of urea groups is 1. The number of nitrogens with zero attached hydrogens (tertiary/aromatic N) is 4. The molecule has 0 spiro atoms. The molecule has 0 unspecified atom stereocenters. The molecule has 0 radical (unpaired) electrons. The third kappa shape index (κ3) is 9.56. The van der Waals surface area contributed by atoms with Crippen molar-refractivity contribution in [1.29, 1.82) is 0 Å². The molecule has 2 aromatic carbocycles. The van der Waals surface area contributed by atoms with Gasteiger partial charge in [0.2, 0.25) is 5.91 Å². The van der Waals surface area contributed by atoms with Crippen molar-refractivity contribution in [3.8, 4) is 5.75 Å². The van der Waals surface area contributed by atoms with Crippen LogP contribution in [0.25, 0.3) is 0 Å². The van der Waals surface area contributed by atoms with Gasteiger partial charge in [0.25, 0.3) is 0 Å². The van der Waals surface area contributed by atoms with Crippen LogP contribution in [-0.2, 0) is 25.6 Å². The lowest BCUT2D eigenvalue weighted by Gasteiger charge is -2.47. The Kier molecular flexibility index (Phi) is 13.9. The Labute approximate surface area is 290 Å². The summed E-state index contributed by atoms with van der Waals surface area (Å²) in [4.78, 5) is 49.9. The number of aromatic hydroxyl groups is 1. The van der Waals surface area contributed by atoms with E-state index in [-0.39, 0.29) is 23.7 Å². The van der Waals surface area contributed by atoms with E-state index < -0.39 is 6.04 Å². The highest BCUT2D eigenvalue weighted by Gasteiger charge is 2.44. The maximum atomic E-state index is 14.1. The van der Waals surface area contributed by atoms with E-state index in [0.717, 1.165) is 67.0 Å². The zero-order chi connectivity index (χ0) is 35.4. The largest absolute Gasteiger partial charge is 0.507 e. The zero-order valence-corrected chi connectivity index (χ0v) is 29.5. The van der Waals surface area contributed by atoms with Crippen LogP contribution < -0.4 is 16.2 Å². The summed E-state index contributed by atoms with van der Waals surface area (Å²) in [5.41, 5.74) is 10.0. The summed E-state index contributed by atoms with van der Waals surface area (Å²) in [7, 11) is 3.52. The summed E-state index contributed by atoms with van der Waals surface area (Å²) >= 11 is 0. The second-order valence-electron chi connectivity index (χ2n) is 13.0. The predicted octanol–water partition coefficient (Wildman–Crippen LogP) is 2.48. The average Bonchev–Trinajstić information content (AvgIpc) is 3.15. The molecule has 3 heterocycles. The minimum Gasteiger partial charge on any atom is -0.507 e. The number of amides is 3. The van der Waals surface area contributed by atoms with Gasteiger partial charge in [0, 0.05) is 51.0 Å². The average molecular weight is 681 g/mol. The van der Waals surface area contributed by atoms with Gasteiger partial charge in [-0.05, 0) is 43.4 Å². The number of rotatable bonds is 9. The number of phenolic OH excluding ortho intramolecular Hbond substituents is 1. The highest BCUT2D eigenvalue weighted by Crippen LogP contribution is 2.27. The first kappa shape index (κ1) is 37.8. The van der Waals surface area contributed by atoms with Gasteiger partial charge in [-0.2, -0.15) is 4.65 Å². The molecular weight excluding hydrogens is 626 g/mol. The van der Waals surface area contributed by atoms with Crippen LogP contribution in [0.2, 0.25) is 0 Å².